The van der Waals surface area contributed by atoms with E-state index in [-0.39, 0.29) is 42.4 Å². The Morgan fingerprint density at radius 1 is 1.44 bits per heavy atom. The Kier molecular flexibility index (Phi) is 3.55. The van der Waals surface area contributed by atoms with Gasteiger partial charge < -0.3 is 1.43 Å². The van der Waals surface area contributed by atoms with Crippen molar-refractivity contribution in [1.29, 1.82) is 0 Å². The van der Waals surface area contributed by atoms with Crippen molar-refractivity contribution < 1.29 is 31.0 Å². The Bertz CT molecular complexity index is 741. The van der Waals surface area contributed by atoms with Crippen LogP contribution in [0, 0.1) is 6.92 Å². The fourth-order valence-corrected chi connectivity index (χ4v) is 1.68. The van der Waals surface area contributed by atoms with Gasteiger partial charge in [0.1, 0.15) is 11.2 Å². The smallest absolute Gasteiger partial charge is 1.00 e. The first kappa shape index (κ1) is 12.9. The average molecular weight is 252 g/mol. The van der Waals surface area contributed by atoms with Gasteiger partial charge >= 0.3 is 29.6 Å². The summed E-state index contributed by atoms with van der Waals surface area (Å²) in [6.07, 6.45) is 3.14. The van der Waals surface area contributed by atoms with Crippen LogP contribution >= 0.6 is 0 Å². The standard InChI is InChI=1S/C10H8N6O.Na.H/c1-6-3-2-4-16-9(6)11-5-7(10(16)17)8-12-14-15-13-8;;/h2-5H,1H3,(H,12,13,14,15);;/q;+1;-1. The zero-order chi connectivity index (χ0) is 11.8. The van der Waals surface area contributed by atoms with Gasteiger partial charge in [-0.1, -0.05) is 6.07 Å². The predicted octanol–water partition coefficient (Wildman–Crippen LogP) is -2.70. The van der Waals surface area contributed by atoms with Gasteiger partial charge in [0.15, 0.2) is 0 Å². The Labute approximate surface area is 125 Å². The summed E-state index contributed by atoms with van der Waals surface area (Å²) in [5.74, 6) is 0.249. The molecule has 0 amide bonds. The van der Waals surface area contributed by atoms with Crippen molar-refractivity contribution in [2.45, 2.75) is 6.92 Å². The summed E-state index contributed by atoms with van der Waals surface area (Å²) < 4.78 is 1.47. The molecule has 7 nitrogen and oxygen atoms in total. The zero-order valence-electron chi connectivity index (χ0n) is 11.0. The molecule has 0 radical (unpaired) electrons. The van der Waals surface area contributed by atoms with E-state index in [9.17, 15) is 4.79 Å². The SMILES string of the molecule is Cc1cccn2c(=O)c(-c3nn[nH]n3)cnc12.[H-].[Na+]. The molecule has 0 aliphatic carbocycles. The predicted molar refractivity (Wildman–Crippen MR) is 60.5 cm³/mol. The van der Waals surface area contributed by atoms with Gasteiger partial charge in [0, 0.05) is 12.4 Å². The van der Waals surface area contributed by atoms with E-state index in [2.05, 4.69) is 25.6 Å². The molecule has 0 fully saturated rings. The fourth-order valence-electron chi connectivity index (χ4n) is 1.68. The minimum Gasteiger partial charge on any atom is -1.00 e. The van der Waals surface area contributed by atoms with Gasteiger partial charge in [-0.15, -0.1) is 10.2 Å². The molecule has 0 saturated heterocycles. The molecule has 0 atom stereocenters. The Balaban J connectivity index is 0.000000902. The topological polar surface area (TPSA) is 88.8 Å². The van der Waals surface area contributed by atoms with Crippen LogP contribution in [-0.2, 0) is 0 Å². The second-order valence-corrected chi connectivity index (χ2v) is 3.60. The Hall–Kier alpha value is -1.57. The second-order valence-electron chi connectivity index (χ2n) is 3.60. The first-order valence-corrected chi connectivity index (χ1v) is 4.98. The molecule has 86 valence electrons. The summed E-state index contributed by atoms with van der Waals surface area (Å²) >= 11 is 0. The van der Waals surface area contributed by atoms with E-state index >= 15 is 0 Å². The molecule has 18 heavy (non-hydrogen) atoms. The molecule has 0 saturated carbocycles. The molecule has 1 N–H and O–H groups in total. The monoisotopic (exact) mass is 252 g/mol. The third-order valence-corrected chi connectivity index (χ3v) is 2.51. The molecular formula is C10H9N6NaO. The van der Waals surface area contributed by atoms with Crippen molar-refractivity contribution in [3.63, 3.8) is 0 Å². The maximum absolute atomic E-state index is 12.2. The largest absolute Gasteiger partial charge is 1.00 e. The molecular weight excluding hydrogens is 243 g/mol. The Morgan fingerprint density at radius 2 is 2.28 bits per heavy atom. The van der Waals surface area contributed by atoms with Gasteiger partial charge in [-0.3, -0.25) is 9.20 Å². The van der Waals surface area contributed by atoms with Crippen LogP contribution in [0.4, 0.5) is 0 Å². The van der Waals surface area contributed by atoms with Crippen molar-refractivity contribution >= 4 is 5.65 Å². The molecule has 0 aliphatic rings. The number of rotatable bonds is 1. The van der Waals surface area contributed by atoms with E-state index in [1.54, 1.807) is 12.3 Å². The second kappa shape index (κ2) is 4.97. The maximum Gasteiger partial charge on any atom is 1.00 e. The van der Waals surface area contributed by atoms with Gasteiger partial charge in [0.05, 0.1) is 0 Å². The van der Waals surface area contributed by atoms with Crippen molar-refractivity contribution in [2.24, 2.45) is 0 Å². The fraction of sp³-hybridized carbons (Fsp3) is 0.100. The van der Waals surface area contributed by atoms with Gasteiger partial charge in [-0.2, -0.15) is 5.21 Å². The minimum atomic E-state index is -0.208. The minimum absolute atomic E-state index is 0. The van der Waals surface area contributed by atoms with E-state index in [4.69, 9.17) is 0 Å². The van der Waals surface area contributed by atoms with Crippen LogP contribution in [0.2, 0.25) is 0 Å². The number of aromatic nitrogens is 6. The van der Waals surface area contributed by atoms with Crippen LogP contribution in [0.3, 0.4) is 0 Å². The van der Waals surface area contributed by atoms with Crippen LogP contribution in [0.1, 0.15) is 6.99 Å². The molecule has 3 aromatic rings. The number of aryl methyl sites for hydroxylation is 1. The summed E-state index contributed by atoms with van der Waals surface area (Å²) in [5, 5.41) is 13.3. The number of pyridine rings is 1. The van der Waals surface area contributed by atoms with Crippen molar-refractivity contribution in [1.82, 2.24) is 30.0 Å². The number of fused-ring (bicyclic) bond motifs is 1. The molecule has 3 heterocycles. The quantitative estimate of drug-likeness (QED) is 0.476. The zero-order valence-corrected chi connectivity index (χ0v) is 12.0. The molecule has 0 aromatic carbocycles. The number of H-pyrrole nitrogens is 1. The number of nitrogens with zero attached hydrogens (tertiary/aromatic N) is 5. The summed E-state index contributed by atoms with van der Waals surface area (Å²) in [4.78, 5) is 16.4. The van der Waals surface area contributed by atoms with Gasteiger partial charge in [-0.25, -0.2) is 4.98 Å². The van der Waals surface area contributed by atoms with Crippen molar-refractivity contribution in [3.05, 3.63) is 40.4 Å². The van der Waals surface area contributed by atoms with E-state index < -0.39 is 0 Å². The summed E-state index contributed by atoms with van der Waals surface area (Å²) in [5.41, 5.74) is 1.68. The molecule has 8 heteroatoms. The van der Waals surface area contributed by atoms with Gasteiger partial charge in [0.2, 0.25) is 5.82 Å². The van der Waals surface area contributed by atoms with Gasteiger partial charge in [0.25, 0.3) is 5.56 Å². The number of nitrogens with one attached hydrogen (secondary N) is 1. The van der Waals surface area contributed by atoms with E-state index in [0.717, 1.165) is 5.56 Å². The molecule has 0 unspecified atom stereocenters. The van der Waals surface area contributed by atoms with Crippen LogP contribution in [0.25, 0.3) is 17.0 Å². The van der Waals surface area contributed by atoms with E-state index in [1.807, 2.05) is 13.0 Å². The normalized spacial score (nSPS) is 10.3. The molecule has 0 spiro atoms. The van der Waals surface area contributed by atoms with E-state index in [0.29, 0.717) is 11.2 Å². The molecule has 3 rings (SSSR count). The number of aromatic amines is 1. The molecule has 3 aromatic heterocycles. The number of hydrogen-bond acceptors (Lipinski definition) is 5. The first-order chi connectivity index (χ1) is 8.27. The van der Waals surface area contributed by atoms with Crippen LogP contribution < -0.4 is 35.1 Å². The molecule has 0 aliphatic heterocycles. The number of hydrogen-bond donors (Lipinski definition) is 1. The summed E-state index contributed by atoms with van der Waals surface area (Å²) in [6.45, 7) is 1.90. The third kappa shape index (κ3) is 1.96. The average Bonchev–Trinajstić information content (AvgIpc) is 2.84. The van der Waals surface area contributed by atoms with Crippen LogP contribution in [0.15, 0.2) is 29.3 Å². The molecule has 0 bridgehead atoms. The summed E-state index contributed by atoms with van der Waals surface area (Å²) in [7, 11) is 0. The first-order valence-electron chi connectivity index (χ1n) is 4.98. The maximum atomic E-state index is 12.2. The van der Waals surface area contributed by atoms with E-state index in [1.165, 1.54) is 10.6 Å². The van der Waals surface area contributed by atoms with Crippen LogP contribution in [-0.4, -0.2) is 30.0 Å². The van der Waals surface area contributed by atoms with Crippen molar-refractivity contribution in [3.8, 4) is 11.4 Å². The van der Waals surface area contributed by atoms with Gasteiger partial charge in [-0.05, 0) is 23.8 Å². The number of tetrazole rings is 1. The summed E-state index contributed by atoms with van der Waals surface area (Å²) in [6, 6.07) is 3.70. The third-order valence-electron chi connectivity index (χ3n) is 2.51. The van der Waals surface area contributed by atoms with Crippen LogP contribution in [0.5, 0.6) is 0 Å². The van der Waals surface area contributed by atoms with Crippen molar-refractivity contribution in [2.75, 3.05) is 0 Å². The Morgan fingerprint density at radius 3 is 3.00 bits per heavy atom.